The molecule has 2 fully saturated rings. The lowest BCUT2D eigenvalue weighted by molar-refractivity contribution is 0.345. The predicted molar refractivity (Wildman–Crippen MR) is 54.5 cm³/mol. The zero-order valence-corrected chi connectivity index (χ0v) is 9.00. The highest BCUT2D eigenvalue weighted by Gasteiger charge is 2.46. The number of thioether (sulfide) groups is 1. The summed E-state index contributed by atoms with van der Waals surface area (Å²) in [7, 11) is 2.21. The molecule has 1 N–H and O–H groups in total. The molecular weight excluding hydrogens is 168 g/mol. The highest BCUT2D eigenvalue weighted by atomic mass is 32.2. The summed E-state index contributed by atoms with van der Waals surface area (Å²) in [5, 5.41) is 3.76. The number of nitrogens with one attached hydrogen (secondary N) is 1. The molecule has 0 aromatic carbocycles. The molecular formula is C9H18N2S. The van der Waals surface area contributed by atoms with Crippen LogP contribution < -0.4 is 5.32 Å². The van der Waals surface area contributed by atoms with E-state index in [4.69, 9.17) is 0 Å². The van der Waals surface area contributed by atoms with Crippen LogP contribution in [0.15, 0.2) is 0 Å². The van der Waals surface area contributed by atoms with Gasteiger partial charge in [0, 0.05) is 24.4 Å². The van der Waals surface area contributed by atoms with Crippen molar-refractivity contribution in [2.45, 2.75) is 30.7 Å². The van der Waals surface area contributed by atoms with Crippen molar-refractivity contribution >= 4 is 11.8 Å². The number of hydrogen-bond donors (Lipinski definition) is 1. The molecule has 0 aromatic heterocycles. The minimum atomic E-state index is 0.343. The highest BCUT2D eigenvalue weighted by molar-refractivity contribution is 8.01. The summed E-state index contributed by atoms with van der Waals surface area (Å²) in [6.07, 6.45) is 1.30. The number of rotatable bonds is 0. The van der Waals surface area contributed by atoms with Crippen molar-refractivity contribution in [3.63, 3.8) is 0 Å². The van der Waals surface area contributed by atoms with Crippen LogP contribution in [0.4, 0.5) is 0 Å². The van der Waals surface area contributed by atoms with Crippen LogP contribution >= 0.6 is 11.8 Å². The summed E-state index contributed by atoms with van der Waals surface area (Å²) < 4.78 is 0. The molecule has 0 radical (unpaired) electrons. The maximum absolute atomic E-state index is 3.76. The fourth-order valence-electron chi connectivity index (χ4n) is 2.19. The third-order valence-corrected chi connectivity index (χ3v) is 4.55. The molecule has 0 saturated carbocycles. The lowest BCUT2D eigenvalue weighted by Gasteiger charge is -2.26. The molecule has 2 aliphatic heterocycles. The summed E-state index contributed by atoms with van der Waals surface area (Å²) in [6, 6.07) is 0. The van der Waals surface area contributed by atoms with Gasteiger partial charge in [0.05, 0.1) is 4.87 Å². The van der Waals surface area contributed by atoms with E-state index in [0.29, 0.717) is 10.4 Å². The van der Waals surface area contributed by atoms with Gasteiger partial charge in [-0.25, -0.2) is 0 Å². The van der Waals surface area contributed by atoms with Gasteiger partial charge in [-0.2, -0.15) is 0 Å². The summed E-state index contributed by atoms with van der Waals surface area (Å²) in [6.45, 7) is 7.05. The fraction of sp³-hybridized carbons (Fsp3) is 1.00. The third-order valence-electron chi connectivity index (χ3n) is 2.70. The van der Waals surface area contributed by atoms with Crippen LogP contribution in [0.2, 0.25) is 0 Å². The van der Waals surface area contributed by atoms with Crippen molar-refractivity contribution in [3.05, 3.63) is 0 Å². The molecule has 0 amide bonds. The van der Waals surface area contributed by atoms with Crippen LogP contribution in [0.1, 0.15) is 20.3 Å². The normalized spacial score (nSPS) is 41.2. The molecule has 70 valence electrons. The van der Waals surface area contributed by atoms with Gasteiger partial charge in [0.15, 0.2) is 0 Å². The Labute approximate surface area is 79.1 Å². The second kappa shape index (κ2) is 2.63. The molecule has 1 unspecified atom stereocenters. The molecule has 2 nitrogen and oxygen atoms in total. The van der Waals surface area contributed by atoms with Gasteiger partial charge in [0.1, 0.15) is 0 Å². The fourth-order valence-corrected chi connectivity index (χ4v) is 3.80. The Morgan fingerprint density at radius 2 is 2.17 bits per heavy atom. The molecule has 3 heteroatoms. The van der Waals surface area contributed by atoms with Gasteiger partial charge in [-0.3, -0.25) is 5.32 Å². The Kier molecular flexibility index (Phi) is 1.94. The zero-order chi connectivity index (χ0) is 8.82. The second-order valence-corrected chi connectivity index (χ2v) is 6.14. The van der Waals surface area contributed by atoms with Crippen molar-refractivity contribution in [2.24, 2.45) is 0 Å². The minimum absolute atomic E-state index is 0.343. The van der Waals surface area contributed by atoms with Gasteiger partial charge < -0.3 is 4.90 Å². The first-order valence-electron chi connectivity index (χ1n) is 4.63. The first-order valence-corrected chi connectivity index (χ1v) is 5.62. The summed E-state index contributed by atoms with van der Waals surface area (Å²) in [4.78, 5) is 2.81. The maximum Gasteiger partial charge on any atom is 0.0790 e. The van der Waals surface area contributed by atoms with E-state index in [1.807, 2.05) is 0 Å². The summed E-state index contributed by atoms with van der Waals surface area (Å²) in [5.74, 6) is 1.25. The van der Waals surface area contributed by atoms with Crippen LogP contribution in [0.25, 0.3) is 0 Å². The smallest absolute Gasteiger partial charge is 0.0790 e. The summed E-state index contributed by atoms with van der Waals surface area (Å²) >= 11 is 2.11. The predicted octanol–water partition coefficient (Wildman–Crippen LogP) is 1.13. The minimum Gasteiger partial charge on any atom is -0.304 e. The Hall–Kier alpha value is 0.270. The van der Waals surface area contributed by atoms with E-state index in [-0.39, 0.29) is 0 Å². The van der Waals surface area contributed by atoms with Gasteiger partial charge in [0.25, 0.3) is 0 Å². The van der Waals surface area contributed by atoms with Crippen LogP contribution in [0.3, 0.4) is 0 Å². The monoisotopic (exact) mass is 186 g/mol. The lowest BCUT2D eigenvalue weighted by atomic mass is 10.1. The van der Waals surface area contributed by atoms with E-state index in [9.17, 15) is 0 Å². The maximum atomic E-state index is 3.76. The topological polar surface area (TPSA) is 15.3 Å². The Bertz CT molecular complexity index is 193. The van der Waals surface area contributed by atoms with E-state index in [0.717, 1.165) is 0 Å². The van der Waals surface area contributed by atoms with E-state index < -0.39 is 0 Å². The first kappa shape index (κ1) is 8.85. The molecule has 2 saturated heterocycles. The number of hydrogen-bond acceptors (Lipinski definition) is 3. The van der Waals surface area contributed by atoms with Crippen molar-refractivity contribution < 1.29 is 0 Å². The van der Waals surface area contributed by atoms with Gasteiger partial charge >= 0.3 is 0 Å². The van der Waals surface area contributed by atoms with Crippen LogP contribution in [-0.2, 0) is 0 Å². The number of likely N-dealkylation sites (N-methyl/N-ethyl adjacent to an activating group) is 1. The Morgan fingerprint density at radius 1 is 1.42 bits per heavy atom. The Balaban J connectivity index is 2.06. The quantitative estimate of drug-likeness (QED) is 0.610. The number of nitrogens with zero attached hydrogens (tertiary/aromatic N) is 1. The van der Waals surface area contributed by atoms with Crippen LogP contribution in [-0.4, -0.2) is 41.2 Å². The number of likely N-dealkylation sites (tertiary alicyclic amines) is 1. The van der Waals surface area contributed by atoms with Gasteiger partial charge in [-0.1, -0.05) is 0 Å². The lowest BCUT2D eigenvalue weighted by Crippen LogP contribution is -2.48. The SMILES string of the molecule is CN1CCC2(C1)NC(C)(C)CS2. The average molecular weight is 186 g/mol. The van der Waals surface area contributed by atoms with Crippen molar-refractivity contribution in [3.8, 4) is 0 Å². The van der Waals surface area contributed by atoms with E-state index in [2.05, 4.69) is 42.9 Å². The molecule has 1 spiro atoms. The molecule has 12 heavy (non-hydrogen) atoms. The largest absolute Gasteiger partial charge is 0.304 e. The van der Waals surface area contributed by atoms with E-state index in [1.54, 1.807) is 0 Å². The third kappa shape index (κ3) is 1.50. The molecule has 1 atom stereocenters. The molecule has 2 aliphatic rings. The van der Waals surface area contributed by atoms with Crippen molar-refractivity contribution in [2.75, 3.05) is 25.9 Å². The van der Waals surface area contributed by atoms with Gasteiger partial charge in [-0.15, -0.1) is 11.8 Å². The van der Waals surface area contributed by atoms with Crippen molar-refractivity contribution in [1.82, 2.24) is 10.2 Å². The molecule has 2 rings (SSSR count). The van der Waals surface area contributed by atoms with E-state index >= 15 is 0 Å². The zero-order valence-electron chi connectivity index (χ0n) is 8.18. The molecule has 0 aliphatic carbocycles. The van der Waals surface area contributed by atoms with Crippen LogP contribution in [0, 0.1) is 0 Å². The van der Waals surface area contributed by atoms with Gasteiger partial charge in [-0.05, 0) is 27.3 Å². The first-order chi connectivity index (χ1) is 5.52. The van der Waals surface area contributed by atoms with E-state index in [1.165, 1.54) is 25.3 Å². The van der Waals surface area contributed by atoms with Crippen molar-refractivity contribution in [1.29, 1.82) is 0 Å². The average Bonchev–Trinajstić information content (AvgIpc) is 2.41. The van der Waals surface area contributed by atoms with Gasteiger partial charge in [0.2, 0.25) is 0 Å². The second-order valence-electron chi connectivity index (χ2n) is 4.78. The highest BCUT2D eigenvalue weighted by Crippen LogP contribution is 2.41. The summed E-state index contributed by atoms with van der Waals surface area (Å²) in [5.41, 5.74) is 0.343. The van der Waals surface area contributed by atoms with Crippen LogP contribution in [0.5, 0.6) is 0 Å². The standard InChI is InChI=1S/C9H18N2S/c1-8(2)7-12-9(10-8)4-5-11(3)6-9/h10H,4-7H2,1-3H3. The molecule has 0 aromatic rings. The molecule has 2 heterocycles. The molecule has 0 bridgehead atoms. The Morgan fingerprint density at radius 3 is 2.58 bits per heavy atom.